The van der Waals surface area contributed by atoms with E-state index in [-0.39, 0.29) is 5.91 Å². The Bertz CT molecular complexity index is 410. The molecule has 0 aromatic carbocycles. The van der Waals surface area contributed by atoms with E-state index in [9.17, 15) is 9.90 Å². The third-order valence-corrected chi connectivity index (χ3v) is 2.80. The minimum absolute atomic E-state index is 0.166. The van der Waals surface area contributed by atoms with Gasteiger partial charge in [0.05, 0.1) is 6.10 Å². The zero-order valence-electron chi connectivity index (χ0n) is 9.47. The highest BCUT2D eigenvalue weighted by molar-refractivity contribution is 5.92. The molecular formula is C11H16N4O2. The van der Waals surface area contributed by atoms with Crippen molar-refractivity contribution in [2.24, 2.45) is 5.84 Å². The van der Waals surface area contributed by atoms with E-state index in [1.54, 1.807) is 23.1 Å². The summed E-state index contributed by atoms with van der Waals surface area (Å²) in [5.41, 5.74) is 2.74. The van der Waals surface area contributed by atoms with Gasteiger partial charge in [0.2, 0.25) is 0 Å². The molecule has 0 saturated carbocycles. The molecule has 0 radical (unpaired) electrons. The zero-order valence-corrected chi connectivity index (χ0v) is 9.47. The van der Waals surface area contributed by atoms with Crippen LogP contribution in [0.3, 0.4) is 0 Å². The van der Waals surface area contributed by atoms with E-state index in [0.717, 1.165) is 12.8 Å². The van der Waals surface area contributed by atoms with Crippen molar-refractivity contribution in [2.45, 2.75) is 18.9 Å². The van der Waals surface area contributed by atoms with E-state index in [2.05, 4.69) is 10.4 Å². The molecule has 4 N–H and O–H groups in total. The van der Waals surface area contributed by atoms with E-state index in [1.165, 1.54) is 0 Å². The fourth-order valence-electron chi connectivity index (χ4n) is 1.94. The van der Waals surface area contributed by atoms with Gasteiger partial charge in [0, 0.05) is 13.1 Å². The number of piperidine rings is 1. The summed E-state index contributed by atoms with van der Waals surface area (Å²) < 4.78 is 0. The number of anilines is 1. The van der Waals surface area contributed by atoms with Gasteiger partial charge in [0.15, 0.2) is 0 Å². The Morgan fingerprint density at radius 1 is 1.59 bits per heavy atom. The molecule has 1 atom stereocenters. The predicted octanol–water partition coefficient (Wildman–Crippen LogP) is -0.0359. The van der Waals surface area contributed by atoms with E-state index in [4.69, 9.17) is 5.84 Å². The van der Waals surface area contributed by atoms with Gasteiger partial charge >= 0.3 is 0 Å². The largest absolute Gasteiger partial charge is 0.391 e. The Hall–Kier alpha value is -1.66. The van der Waals surface area contributed by atoms with Crippen LogP contribution in [0.1, 0.15) is 23.3 Å². The lowest BCUT2D eigenvalue weighted by molar-refractivity contribution is 0.0469. The molecule has 2 heterocycles. The smallest absolute Gasteiger partial charge is 0.272 e. The molecule has 0 aliphatic carbocycles. The number of aliphatic hydroxyl groups excluding tert-OH is 1. The third kappa shape index (κ3) is 2.72. The summed E-state index contributed by atoms with van der Waals surface area (Å²) in [4.78, 5) is 17.8. The molecule has 6 heteroatoms. The van der Waals surface area contributed by atoms with Gasteiger partial charge in [0.25, 0.3) is 5.91 Å². The standard InChI is InChI=1S/C11H16N4O2/c12-14-10-5-1-4-9(13-10)11(17)15-6-2-3-8(16)7-15/h1,4-5,8,16H,2-3,6-7,12H2,(H,13,14). The number of aliphatic hydroxyl groups is 1. The molecular weight excluding hydrogens is 220 g/mol. The average Bonchev–Trinajstić information content (AvgIpc) is 2.38. The number of hydrogen-bond donors (Lipinski definition) is 3. The lowest BCUT2D eigenvalue weighted by Crippen LogP contribution is -2.42. The highest BCUT2D eigenvalue weighted by atomic mass is 16.3. The number of hydrazine groups is 1. The molecule has 0 bridgehead atoms. The number of carbonyl (C=O) groups is 1. The number of nitrogen functional groups attached to an aromatic ring is 1. The highest BCUT2D eigenvalue weighted by Gasteiger charge is 2.23. The normalized spacial score (nSPS) is 20.1. The molecule has 2 rings (SSSR count). The minimum atomic E-state index is -0.427. The molecule has 1 fully saturated rings. The van der Waals surface area contributed by atoms with Crippen LogP contribution in [0.15, 0.2) is 18.2 Å². The summed E-state index contributed by atoms with van der Waals surface area (Å²) in [5, 5.41) is 9.53. The van der Waals surface area contributed by atoms with Crippen molar-refractivity contribution in [3.05, 3.63) is 23.9 Å². The number of pyridine rings is 1. The average molecular weight is 236 g/mol. The van der Waals surface area contributed by atoms with Crippen molar-refractivity contribution >= 4 is 11.7 Å². The maximum Gasteiger partial charge on any atom is 0.272 e. The number of rotatable bonds is 2. The predicted molar refractivity (Wildman–Crippen MR) is 63.2 cm³/mol. The van der Waals surface area contributed by atoms with E-state index in [0.29, 0.717) is 24.6 Å². The summed E-state index contributed by atoms with van der Waals surface area (Å²) in [7, 11) is 0. The topological polar surface area (TPSA) is 91.5 Å². The van der Waals surface area contributed by atoms with Crippen LogP contribution in [0.4, 0.5) is 5.82 Å². The van der Waals surface area contributed by atoms with Gasteiger partial charge in [-0.1, -0.05) is 6.07 Å². The second-order valence-corrected chi connectivity index (χ2v) is 4.10. The molecule has 1 aromatic rings. The maximum absolute atomic E-state index is 12.1. The van der Waals surface area contributed by atoms with Crippen molar-refractivity contribution in [1.82, 2.24) is 9.88 Å². The van der Waals surface area contributed by atoms with Gasteiger partial charge in [-0.25, -0.2) is 10.8 Å². The third-order valence-electron chi connectivity index (χ3n) is 2.80. The van der Waals surface area contributed by atoms with Crippen LogP contribution in [0.2, 0.25) is 0 Å². The number of carbonyl (C=O) groups excluding carboxylic acids is 1. The zero-order chi connectivity index (χ0) is 12.3. The SMILES string of the molecule is NNc1cccc(C(=O)N2CCCC(O)C2)n1. The van der Waals surface area contributed by atoms with Crippen molar-refractivity contribution in [1.29, 1.82) is 0 Å². The Morgan fingerprint density at radius 2 is 2.41 bits per heavy atom. The van der Waals surface area contributed by atoms with Crippen LogP contribution >= 0.6 is 0 Å². The number of nitrogens with zero attached hydrogens (tertiary/aromatic N) is 2. The van der Waals surface area contributed by atoms with Crippen molar-refractivity contribution in [2.75, 3.05) is 18.5 Å². The fourth-order valence-corrected chi connectivity index (χ4v) is 1.94. The number of β-amino-alcohol motifs (C(OH)–C–C–N with tert-alkyl or cyclic N) is 1. The van der Waals surface area contributed by atoms with Crippen molar-refractivity contribution in [3.8, 4) is 0 Å². The molecule has 1 aliphatic rings. The summed E-state index contributed by atoms with van der Waals surface area (Å²) in [6.07, 6.45) is 1.15. The lowest BCUT2D eigenvalue weighted by Gasteiger charge is -2.29. The van der Waals surface area contributed by atoms with Gasteiger partial charge in [-0.15, -0.1) is 0 Å². The number of likely N-dealkylation sites (tertiary alicyclic amines) is 1. The quantitative estimate of drug-likeness (QED) is 0.495. The van der Waals surface area contributed by atoms with Crippen LogP contribution in [0.25, 0.3) is 0 Å². The fraction of sp³-hybridized carbons (Fsp3) is 0.455. The van der Waals surface area contributed by atoms with Gasteiger partial charge < -0.3 is 15.4 Å². The van der Waals surface area contributed by atoms with Crippen LogP contribution in [-0.2, 0) is 0 Å². The van der Waals surface area contributed by atoms with Crippen LogP contribution in [0, 0.1) is 0 Å². The van der Waals surface area contributed by atoms with Crippen molar-refractivity contribution < 1.29 is 9.90 Å². The first-order valence-electron chi connectivity index (χ1n) is 5.61. The first-order chi connectivity index (χ1) is 8.20. The van der Waals surface area contributed by atoms with Gasteiger partial charge in [0.1, 0.15) is 11.5 Å². The molecule has 6 nitrogen and oxygen atoms in total. The highest BCUT2D eigenvalue weighted by Crippen LogP contribution is 2.13. The molecule has 92 valence electrons. The monoisotopic (exact) mass is 236 g/mol. The van der Waals surface area contributed by atoms with E-state index < -0.39 is 6.10 Å². The minimum Gasteiger partial charge on any atom is -0.391 e. The number of amides is 1. The molecule has 17 heavy (non-hydrogen) atoms. The Kier molecular flexibility index (Phi) is 3.55. The summed E-state index contributed by atoms with van der Waals surface area (Å²) >= 11 is 0. The number of aromatic nitrogens is 1. The molecule has 0 spiro atoms. The van der Waals surface area contributed by atoms with Gasteiger partial charge in [-0.2, -0.15) is 0 Å². The molecule has 1 aliphatic heterocycles. The van der Waals surface area contributed by atoms with Crippen molar-refractivity contribution in [3.63, 3.8) is 0 Å². The second-order valence-electron chi connectivity index (χ2n) is 4.10. The Labute approximate surface area is 99.4 Å². The number of nitrogens with one attached hydrogen (secondary N) is 1. The summed E-state index contributed by atoms with van der Waals surface area (Å²) in [6.45, 7) is 1.04. The van der Waals surface area contributed by atoms with E-state index >= 15 is 0 Å². The first kappa shape index (κ1) is 11.8. The summed E-state index contributed by atoms with van der Waals surface area (Å²) in [6, 6.07) is 5.04. The van der Waals surface area contributed by atoms with Crippen LogP contribution < -0.4 is 11.3 Å². The van der Waals surface area contributed by atoms with Crippen LogP contribution in [-0.4, -0.2) is 40.1 Å². The summed E-state index contributed by atoms with van der Waals surface area (Å²) in [5.74, 6) is 5.53. The molecule has 1 aromatic heterocycles. The molecule has 1 saturated heterocycles. The Morgan fingerprint density at radius 3 is 3.12 bits per heavy atom. The Balaban J connectivity index is 2.12. The maximum atomic E-state index is 12.1. The second kappa shape index (κ2) is 5.11. The molecule has 1 unspecified atom stereocenters. The number of hydrogen-bond acceptors (Lipinski definition) is 5. The van der Waals surface area contributed by atoms with Gasteiger partial charge in [-0.3, -0.25) is 4.79 Å². The lowest BCUT2D eigenvalue weighted by atomic mass is 10.1. The molecule has 1 amide bonds. The number of nitrogens with two attached hydrogens (primary N) is 1. The van der Waals surface area contributed by atoms with E-state index in [1.807, 2.05) is 0 Å². The van der Waals surface area contributed by atoms with Gasteiger partial charge in [-0.05, 0) is 25.0 Å². The first-order valence-corrected chi connectivity index (χ1v) is 5.61. The van der Waals surface area contributed by atoms with Crippen LogP contribution in [0.5, 0.6) is 0 Å².